The molecule has 0 fully saturated rings. The molecule has 0 atom stereocenters. The highest BCUT2D eigenvalue weighted by molar-refractivity contribution is 7.91. The van der Waals surface area contributed by atoms with Crippen molar-refractivity contribution in [3.8, 4) is 0 Å². The first-order valence-corrected chi connectivity index (χ1v) is 11.0. The summed E-state index contributed by atoms with van der Waals surface area (Å²) in [6.45, 7) is 2.06. The first-order valence-electron chi connectivity index (χ1n) is 7.86. The summed E-state index contributed by atoms with van der Waals surface area (Å²) < 4.78 is 27.0. The topological polar surface area (TPSA) is 89.0 Å². The molecule has 6 nitrogen and oxygen atoms in total. The average molecular weight is 408 g/mol. The van der Waals surface area contributed by atoms with Gasteiger partial charge in [-0.25, -0.2) is 18.1 Å². The maximum absolute atomic E-state index is 12.2. The molecule has 0 aliphatic carbocycles. The van der Waals surface area contributed by atoms with Crippen molar-refractivity contribution in [1.82, 2.24) is 14.7 Å². The van der Waals surface area contributed by atoms with Gasteiger partial charge in [-0.3, -0.25) is 9.78 Å². The number of hydrogen-bond donors (Lipinski definition) is 1. The summed E-state index contributed by atoms with van der Waals surface area (Å²) in [5.74, 6) is -0.0400. The highest BCUT2D eigenvalue weighted by atomic mass is 32.2. The minimum Gasteiger partial charge on any atom is -0.292 e. The Kier molecular flexibility index (Phi) is 5.92. The molecule has 0 amide bonds. The van der Waals surface area contributed by atoms with Crippen LogP contribution in [0.4, 0.5) is 0 Å². The number of ketones is 1. The monoisotopic (exact) mass is 407 g/mol. The number of Topliss-reactive ketones (excluding diaryl/α,β-unsaturated/α-hetero) is 1. The molecule has 0 saturated carbocycles. The molecular weight excluding hydrogens is 390 g/mol. The lowest BCUT2D eigenvalue weighted by Crippen LogP contribution is -2.22. The van der Waals surface area contributed by atoms with E-state index in [9.17, 15) is 13.2 Å². The molecule has 0 unspecified atom stereocenters. The van der Waals surface area contributed by atoms with Gasteiger partial charge in [0.05, 0.1) is 5.01 Å². The summed E-state index contributed by atoms with van der Waals surface area (Å²) in [6, 6.07) is 6.59. The summed E-state index contributed by atoms with van der Waals surface area (Å²) in [7, 11) is -3.51. The standard InChI is InChI=1S/C17H17N3O3S3/c1-12-18-11-14(25-12)5-7-16(21)15-6-4-13(9-19-15)10-20-26(22,23)17-3-2-8-24-17/h2-4,6,8-9,11,20H,5,7,10H2,1H3. The first kappa shape index (κ1) is 18.8. The molecule has 3 aromatic heterocycles. The van der Waals surface area contributed by atoms with Crippen molar-refractivity contribution in [2.75, 3.05) is 0 Å². The maximum Gasteiger partial charge on any atom is 0.250 e. The fourth-order valence-electron chi connectivity index (χ4n) is 2.25. The molecule has 0 bridgehead atoms. The van der Waals surface area contributed by atoms with Gasteiger partial charge < -0.3 is 0 Å². The van der Waals surface area contributed by atoms with Crippen LogP contribution in [0.5, 0.6) is 0 Å². The third-order valence-corrected chi connectivity index (χ3v) is 7.38. The van der Waals surface area contributed by atoms with Gasteiger partial charge in [0.2, 0.25) is 10.0 Å². The summed E-state index contributed by atoms with van der Waals surface area (Å²) in [5, 5.41) is 2.70. The van der Waals surface area contributed by atoms with Crippen LogP contribution < -0.4 is 4.72 Å². The number of aryl methyl sites for hydroxylation is 2. The number of carbonyl (C=O) groups is 1. The molecule has 26 heavy (non-hydrogen) atoms. The van der Waals surface area contributed by atoms with E-state index in [2.05, 4.69) is 14.7 Å². The van der Waals surface area contributed by atoms with Crippen molar-refractivity contribution in [2.45, 2.75) is 30.5 Å². The summed E-state index contributed by atoms with van der Waals surface area (Å²) in [5.41, 5.74) is 1.08. The number of pyridine rings is 1. The molecule has 136 valence electrons. The summed E-state index contributed by atoms with van der Waals surface area (Å²) >= 11 is 2.75. The van der Waals surface area contributed by atoms with Crippen molar-refractivity contribution < 1.29 is 13.2 Å². The second-order valence-corrected chi connectivity index (χ2v) is 9.84. The Morgan fingerprint density at radius 1 is 1.19 bits per heavy atom. The molecule has 0 aliphatic heterocycles. The van der Waals surface area contributed by atoms with Crippen LogP contribution in [0, 0.1) is 6.92 Å². The van der Waals surface area contributed by atoms with Crippen LogP contribution >= 0.6 is 22.7 Å². The van der Waals surface area contributed by atoms with E-state index in [1.165, 1.54) is 6.20 Å². The molecule has 9 heteroatoms. The van der Waals surface area contributed by atoms with Crippen molar-refractivity contribution in [1.29, 1.82) is 0 Å². The van der Waals surface area contributed by atoms with Gasteiger partial charge in [0.1, 0.15) is 9.90 Å². The molecule has 0 radical (unpaired) electrons. The summed E-state index contributed by atoms with van der Waals surface area (Å²) in [6.07, 6.45) is 4.35. The highest BCUT2D eigenvalue weighted by Crippen LogP contribution is 2.16. The van der Waals surface area contributed by atoms with E-state index >= 15 is 0 Å². The second-order valence-electron chi connectivity index (χ2n) is 5.58. The van der Waals surface area contributed by atoms with Gasteiger partial charge in [-0.15, -0.1) is 22.7 Å². The molecule has 0 aliphatic rings. The van der Waals surface area contributed by atoms with Crippen LogP contribution in [0.2, 0.25) is 0 Å². The third kappa shape index (κ3) is 4.82. The minimum atomic E-state index is -3.51. The summed E-state index contributed by atoms with van der Waals surface area (Å²) in [4.78, 5) is 21.6. The number of aromatic nitrogens is 2. The molecular formula is C17H17N3O3S3. The van der Waals surface area contributed by atoms with Gasteiger partial charge in [-0.1, -0.05) is 12.1 Å². The zero-order chi connectivity index (χ0) is 18.6. The Labute approximate surface area is 160 Å². The van der Waals surface area contributed by atoms with Crippen molar-refractivity contribution in [3.05, 3.63) is 63.2 Å². The number of thiophene rings is 1. The Balaban J connectivity index is 1.55. The lowest BCUT2D eigenvalue weighted by atomic mass is 10.1. The van der Waals surface area contributed by atoms with Crippen LogP contribution in [0.1, 0.15) is 32.4 Å². The fourth-order valence-corrected chi connectivity index (χ4v) is 5.10. The Bertz CT molecular complexity index is 978. The minimum absolute atomic E-state index is 0.0400. The van der Waals surface area contributed by atoms with Crippen molar-refractivity contribution in [2.24, 2.45) is 0 Å². The average Bonchev–Trinajstić information content (AvgIpc) is 3.30. The van der Waals surface area contributed by atoms with E-state index in [0.29, 0.717) is 24.1 Å². The van der Waals surface area contributed by atoms with Crippen molar-refractivity contribution in [3.63, 3.8) is 0 Å². The van der Waals surface area contributed by atoms with Gasteiger partial charge in [-0.2, -0.15) is 0 Å². The van der Waals surface area contributed by atoms with Gasteiger partial charge in [0.25, 0.3) is 0 Å². The Hall–Kier alpha value is -1.94. The zero-order valence-electron chi connectivity index (χ0n) is 14.0. The fraction of sp³-hybridized carbons (Fsp3) is 0.235. The van der Waals surface area contributed by atoms with Crippen LogP contribution in [-0.2, 0) is 23.0 Å². The first-order chi connectivity index (χ1) is 12.4. The Morgan fingerprint density at radius 3 is 2.65 bits per heavy atom. The molecule has 0 saturated heterocycles. The Morgan fingerprint density at radius 2 is 2.04 bits per heavy atom. The van der Waals surface area contributed by atoms with E-state index in [4.69, 9.17) is 0 Å². The number of carbonyl (C=O) groups excluding carboxylic acids is 1. The smallest absolute Gasteiger partial charge is 0.250 e. The predicted molar refractivity (Wildman–Crippen MR) is 102 cm³/mol. The van der Waals surface area contributed by atoms with Crippen LogP contribution in [0.25, 0.3) is 0 Å². The van der Waals surface area contributed by atoms with Crippen LogP contribution in [0.15, 0.2) is 46.2 Å². The maximum atomic E-state index is 12.2. The molecule has 1 N–H and O–H groups in total. The number of rotatable bonds is 8. The number of hydrogen-bond acceptors (Lipinski definition) is 7. The lowest BCUT2D eigenvalue weighted by Gasteiger charge is -2.05. The number of nitrogens with zero attached hydrogens (tertiary/aromatic N) is 2. The lowest BCUT2D eigenvalue weighted by molar-refractivity contribution is 0.0978. The number of thiazole rings is 1. The number of sulfonamides is 1. The van der Waals surface area contributed by atoms with Gasteiger partial charge in [-0.05, 0) is 36.4 Å². The van der Waals surface area contributed by atoms with Crippen LogP contribution in [-0.4, -0.2) is 24.2 Å². The van der Waals surface area contributed by atoms with Crippen LogP contribution in [0.3, 0.4) is 0 Å². The van der Waals surface area contributed by atoms with Crippen molar-refractivity contribution >= 4 is 38.5 Å². The van der Waals surface area contributed by atoms with Gasteiger partial charge in [0, 0.05) is 30.2 Å². The van der Waals surface area contributed by atoms with E-state index < -0.39 is 10.0 Å². The predicted octanol–water partition coefficient (Wildman–Crippen LogP) is 3.20. The normalized spacial score (nSPS) is 11.6. The quantitative estimate of drug-likeness (QED) is 0.579. The van der Waals surface area contributed by atoms with E-state index in [1.807, 2.05) is 6.92 Å². The van der Waals surface area contributed by atoms with Gasteiger partial charge >= 0.3 is 0 Å². The SMILES string of the molecule is Cc1ncc(CCC(=O)c2ccc(CNS(=O)(=O)c3cccs3)cn2)s1. The third-order valence-electron chi connectivity index (χ3n) is 3.60. The highest BCUT2D eigenvalue weighted by Gasteiger charge is 2.15. The molecule has 3 rings (SSSR count). The van der Waals surface area contributed by atoms with Gasteiger partial charge in [0.15, 0.2) is 5.78 Å². The number of nitrogens with one attached hydrogen (secondary N) is 1. The molecule has 3 aromatic rings. The second kappa shape index (κ2) is 8.17. The molecule has 0 spiro atoms. The molecule has 3 heterocycles. The zero-order valence-corrected chi connectivity index (χ0v) is 16.5. The molecule has 0 aromatic carbocycles. The van der Waals surface area contributed by atoms with E-state index in [1.54, 1.807) is 47.2 Å². The largest absolute Gasteiger partial charge is 0.292 e. The van der Waals surface area contributed by atoms with E-state index in [0.717, 1.165) is 21.2 Å². The van der Waals surface area contributed by atoms with E-state index in [-0.39, 0.29) is 16.5 Å².